The summed E-state index contributed by atoms with van der Waals surface area (Å²) in [5, 5.41) is 17.7. The maximum absolute atomic E-state index is 14.3. The molecule has 2 aromatic heterocycles. The average Bonchev–Trinajstić information content (AvgIpc) is 3.23. The van der Waals surface area contributed by atoms with Gasteiger partial charge in [0, 0.05) is 17.3 Å². The van der Waals surface area contributed by atoms with Gasteiger partial charge in [-0.2, -0.15) is 0 Å². The zero-order valence-electron chi connectivity index (χ0n) is 21.7. The molecule has 0 saturated carbocycles. The summed E-state index contributed by atoms with van der Waals surface area (Å²) in [7, 11) is 0. The quantitative estimate of drug-likeness (QED) is 0.267. The summed E-state index contributed by atoms with van der Waals surface area (Å²) < 4.78 is 70.0. The molecule has 1 unspecified atom stereocenters. The van der Waals surface area contributed by atoms with Crippen LogP contribution in [0.1, 0.15) is 61.1 Å². The number of ether oxygens (including phenoxy) is 1. The first kappa shape index (κ1) is 28.7. The van der Waals surface area contributed by atoms with E-state index in [0.29, 0.717) is 11.1 Å². The molecule has 0 radical (unpaired) electrons. The number of hydrogen-bond donors (Lipinski definition) is 3. The Balaban J connectivity index is 1.76. The van der Waals surface area contributed by atoms with Crippen molar-refractivity contribution in [2.45, 2.75) is 51.6 Å². The molecule has 1 atom stereocenters. The van der Waals surface area contributed by atoms with Gasteiger partial charge < -0.3 is 20.1 Å². The Hall–Kier alpha value is -4.26. The standard InChI is InChI=1S/C27H25F5N4O4/c1-13(2)20-17(24(37)33-22(26(3,4)39)14-5-8-16(28)9-6-14)12-36-21(20)25(38)34-23(35-36)15-7-10-19(18(29)11-15)40-27(30,31)32/h5-13,22,39H,1-4H3,(H,33,37)(H,34,35,38). The molecule has 0 spiro atoms. The molecule has 0 aliphatic carbocycles. The molecule has 1 amide bonds. The van der Waals surface area contributed by atoms with Crippen LogP contribution in [0.25, 0.3) is 16.9 Å². The summed E-state index contributed by atoms with van der Waals surface area (Å²) in [6, 6.07) is 6.87. The fourth-order valence-electron chi connectivity index (χ4n) is 4.39. The third-order valence-corrected chi connectivity index (χ3v) is 6.12. The minimum atomic E-state index is -5.09. The molecule has 4 rings (SSSR count). The Bertz CT molecular complexity index is 1620. The molecule has 40 heavy (non-hydrogen) atoms. The molecule has 0 fully saturated rings. The molecule has 0 aliphatic heterocycles. The van der Waals surface area contributed by atoms with Crippen LogP contribution in [0.2, 0.25) is 0 Å². The number of amides is 1. The zero-order chi connectivity index (χ0) is 29.6. The fourth-order valence-corrected chi connectivity index (χ4v) is 4.39. The number of aromatic amines is 1. The van der Waals surface area contributed by atoms with Gasteiger partial charge in [-0.1, -0.05) is 26.0 Å². The summed E-state index contributed by atoms with van der Waals surface area (Å²) >= 11 is 0. The smallest absolute Gasteiger partial charge is 0.403 e. The molecule has 2 aromatic carbocycles. The topological polar surface area (TPSA) is 109 Å². The first-order valence-electron chi connectivity index (χ1n) is 12.0. The third kappa shape index (κ3) is 5.98. The van der Waals surface area contributed by atoms with E-state index >= 15 is 0 Å². The lowest BCUT2D eigenvalue weighted by Crippen LogP contribution is -2.42. The number of carbonyl (C=O) groups excluding carboxylic acids is 1. The summed E-state index contributed by atoms with van der Waals surface area (Å²) in [5.74, 6) is -4.04. The van der Waals surface area contributed by atoms with Crippen LogP contribution in [0.4, 0.5) is 22.0 Å². The van der Waals surface area contributed by atoms with Crippen molar-refractivity contribution in [3.63, 3.8) is 0 Å². The van der Waals surface area contributed by atoms with Crippen molar-refractivity contribution in [2.24, 2.45) is 0 Å². The van der Waals surface area contributed by atoms with Crippen LogP contribution in [-0.4, -0.2) is 37.6 Å². The predicted octanol–water partition coefficient (Wildman–Crippen LogP) is 5.23. The molecule has 4 aromatic rings. The van der Waals surface area contributed by atoms with Crippen molar-refractivity contribution < 1.29 is 36.6 Å². The minimum absolute atomic E-state index is 0.0305. The van der Waals surface area contributed by atoms with Crippen LogP contribution in [0.3, 0.4) is 0 Å². The molecule has 0 aliphatic rings. The predicted molar refractivity (Wildman–Crippen MR) is 135 cm³/mol. The molecule has 212 valence electrons. The number of benzene rings is 2. The highest BCUT2D eigenvalue weighted by Crippen LogP contribution is 2.31. The number of halogens is 5. The number of alkyl halides is 3. The van der Waals surface area contributed by atoms with Gasteiger partial charge in [0.25, 0.3) is 11.5 Å². The van der Waals surface area contributed by atoms with Crippen molar-refractivity contribution in [1.29, 1.82) is 0 Å². The van der Waals surface area contributed by atoms with Crippen molar-refractivity contribution in [3.05, 3.63) is 87.3 Å². The lowest BCUT2D eigenvalue weighted by atomic mass is 9.91. The Morgan fingerprint density at radius 2 is 1.75 bits per heavy atom. The van der Waals surface area contributed by atoms with E-state index in [-0.39, 0.29) is 28.4 Å². The SMILES string of the molecule is CC(C)c1c(C(=O)NC(c2ccc(F)cc2)C(C)(C)O)cn2nc(-c3ccc(OC(F)(F)F)c(F)c3)[nH]c(=O)c12. The number of fused-ring (bicyclic) bond motifs is 1. The Morgan fingerprint density at radius 3 is 2.30 bits per heavy atom. The second-order valence-electron chi connectivity index (χ2n) is 10.0. The van der Waals surface area contributed by atoms with E-state index in [9.17, 15) is 36.6 Å². The van der Waals surface area contributed by atoms with Gasteiger partial charge >= 0.3 is 6.36 Å². The van der Waals surface area contributed by atoms with Crippen molar-refractivity contribution in [2.75, 3.05) is 0 Å². The van der Waals surface area contributed by atoms with Gasteiger partial charge in [-0.15, -0.1) is 18.3 Å². The lowest BCUT2D eigenvalue weighted by Gasteiger charge is -2.30. The van der Waals surface area contributed by atoms with E-state index in [1.54, 1.807) is 13.8 Å². The van der Waals surface area contributed by atoms with Crippen molar-refractivity contribution >= 4 is 11.4 Å². The van der Waals surface area contributed by atoms with E-state index in [0.717, 1.165) is 22.7 Å². The second kappa shape index (κ2) is 10.4. The second-order valence-corrected chi connectivity index (χ2v) is 10.0. The Labute approximate surface area is 224 Å². The number of nitrogens with zero attached hydrogens (tertiary/aromatic N) is 2. The highest BCUT2D eigenvalue weighted by molar-refractivity contribution is 5.98. The number of rotatable bonds is 7. The van der Waals surface area contributed by atoms with Crippen LogP contribution >= 0.6 is 0 Å². The highest BCUT2D eigenvalue weighted by Gasteiger charge is 2.33. The number of aromatic nitrogens is 3. The van der Waals surface area contributed by atoms with E-state index in [2.05, 4.69) is 20.1 Å². The highest BCUT2D eigenvalue weighted by atomic mass is 19.4. The Kier molecular flexibility index (Phi) is 7.45. The molecule has 0 bridgehead atoms. The number of nitrogens with one attached hydrogen (secondary N) is 2. The van der Waals surface area contributed by atoms with Crippen LogP contribution in [0, 0.1) is 11.6 Å². The first-order valence-corrected chi connectivity index (χ1v) is 12.0. The van der Waals surface area contributed by atoms with E-state index in [1.165, 1.54) is 44.3 Å². The minimum Gasteiger partial charge on any atom is -0.403 e. The first-order chi connectivity index (χ1) is 18.5. The molecule has 13 heteroatoms. The van der Waals surface area contributed by atoms with E-state index in [4.69, 9.17) is 0 Å². The molecule has 3 N–H and O–H groups in total. The van der Waals surface area contributed by atoms with Crippen LogP contribution < -0.4 is 15.6 Å². The monoisotopic (exact) mass is 564 g/mol. The number of hydrogen-bond acceptors (Lipinski definition) is 5. The zero-order valence-corrected chi connectivity index (χ0v) is 21.7. The van der Waals surface area contributed by atoms with Gasteiger partial charge in [-0.3, -0.25) is 9.59 Å². The van der Waals surface area contributed by atoms with Gasteiger partial charge in [0.1, 0.15) is 11.3 Å². The normalized spacial score (nSPS) is 13.1. The molecule has 0 saturated heterocycles. The lowest BCUT2D eigenvalue weighted by molar-refractivity contribution is -0.275. The van der Waals surface area contributed by atoms with Gasteiger partial charge in [-0.05, 0) is 55.7 Å². The van der Waals surface area contributed by atoms with Gasteiger partial charge in [0.15, 0.2) is 17.4 Å². The number of carbonyl (C=O) groups is 1. The average molecular weight is 565 g/mol. The van der Waals surface area contributed by atoms with Gasteiger partial charge in [0.05, 0.1) is 17.2 Å². The van der Waals surface area contributed by atoms with Crippen LogP contribution in [-0.2, 0) is 0 Å². The Morgan fingerprint density at radius 1 is 1.10 bits per heavy atom. The summed E-state index contributed by atoms with van der Waals surface area (Å²) in [5.41, 5.74) is -1.30. The fraction of sp³-hybridized carbons (Fsp3) is 0.296. The molecule has 8 nitrogen and oxygen atoms in total. The van der Waals surface area contributed by atoms with E-state index < -0.39 is 46.9 Å². The molecule has 2 heterocycles. The summed E-state index contributed by atoms with van der Waals surface area (Å²) in [6.45, 7) is 6.45. The third-order valence-electron chi connectivity index (χ3n) is 6.12. The van der Waals surface area contributed by atoms with Crippen molar-refractivity contribution in [3.8, 4) is 17.1 Å². The van der Waals surface area contributed by atoms with Crippen LogP contribution in [0.15, 0.2) is 53.5 Å². The summed E-state index contributed by atoms with van der Waals surface area (Å²) in [4.78, 5) is 29.1. The number of aliphatic hydroxyl groups is 1. The largest absolute Gasteiger partial charge is 0.573 e. The molecular formula is C27H25F5N4O4. The van der Waals surface area contributed by atoms with Crippen LogP contribution in [0.5, 0.6) is 5.75 Å². The molecular weight excluding hydrogens is 539 g/mol. The number of H-pyrrole nitrogens is 1. The maximum atomic E-state index is 14.3. The van der Waals surface area contributed by atoms with Crippen molar-refractivity contribution in [1.82, 2.24) is 19.9 Å². The van der Waals surface area contributed by atoms with E-state index in [1.807, 2.05) is 0 Å². The maximum Gasteiger partial charge on any atom is 0.573 e. The summed E-state index contributed by atoms with van der Waals surface area (Å²) in [6.07, 6.45) is -3.80. The van der Waals surface area contributed by atoms with Gasteiger partial charge in [0.2, 0.25) is 0 Å². The van der Waals surface area contributed by atoms with Gasteiger partial charge in [-0.25, -0.2) is 13.3 Å².